The van der Waals surface area contributed by atoms with E-state index >= 15 is 0 Å². The number of hydrogen-bond donors (Lipinski definition) is 1. The molecule has 0 saturated heterocycles. The van der Waals surface area contributed by atoms with Gasteiger partial charge in [0.15, 0.2) is 16.1 Å². The van der Waals surface area contributed by atoms with Gasteiger partial charge in [0, 0.05) is 32.6 Å². The summed E-state index contributed by atoms with van der Waals surface area (Å²) in [5.41, 5.74) is 2.61. The molecule has 0 heterocycles. The Hall–Kier alpha value is -3.02. The summed E-state index contributed by atoms with van der Waals surface area (Å²) in [6.07, 6.45) is 0.796. The number of ether oxygens (including phenoxy) is 3. The summed E-state index contributed by atoms with van der Waals surface area (Å²) in [6.45, 7) is 7.71. The fraction of sp³-hybridized carbons (Fsp3) is 0.355. The third-order valence-corrected chi connectivity index (χ3v) is 10.9. The molecule has 41 heavy (non-hydrogen) atoms. The molecule has 0 aliphatic rings. The number of aryl methyl sites for hydroxylation is 2. The third-order valence-electron chi connectivity index (χ3n) is 7.12. The van der Waals surface area contributed by atoms with Crippen molar-refractivity contribution in [2.75, 3.05) is 21.3 Å². The van der Waals surface area contributed by atoms with Crippen LogP contribution in [0.25, 0.3) is 0 Å². The summed E-state index contributed by atoms with van der Waals surface area (Å²) in [5, 5.41) is -1.13. The van der Waals surface area contributed by atoms with E-state index in [9.17, 15) is 16.8 Å². The van der Waals surface area contributed by atoms with E-state index in [1.807, 2.05) is 26.0 Å². The predicted octanol–water partition coefficient (Wildman–Crippen LogP) is 4.86. The lowest BCUT2D eigenvalue weighted by molar-refractivity contribution is -0.107. The van der Waals surface area contributed by atoms with Gasteiger partial charge in [-0.05, 0) is 62.2 Å². The number of methoxy groups -OCH3 is 3. The Labute approximate surface area is 244 Å². The van der Waals surface area contributed by atoms with E-state index in [4.69, 9.17) is 14.2 Å². The van der Waals surface area contributed by atoms with E-state index in [2.05, 4.69) is 11.3 Å². The number of hydrogen-bond acceptors (Lipinski definition) is 7. The molecule has 0 bridgehead atoms. The van der Waals surface area contributed by atoms with Gasteiger partial charge in [-0.1, -0.05) is 53.6 Å². The molecule has 0 unspecified atom stereocenters. The molecule has 3 aromatic carbocycles. The van der Waals surface area contributed by atoms with Crippen LogP contribution in [0.2, 0.25) is 0 Å². The lowest BCUT2D eigenvalue weighted by atomic mass is 9.90. The maximum absolute atomic E-state index is 14.2. The zero-order chi connectivity index (χ0) is 30.2. The molecular formula is C31H39NO7S2. The second kappa shape index (κ2) is 14.2. The fourth-order valence-corrected chi connectivity index (χ4v) is 7.96. The molecule has 0 fully saturated rings. The number of sulfonamides is 1. The highest BCUT2D eigenvalue weighted by Crippen LogP contribution is 2.32. The lowest BCUT2D eigenvalue weighted by Crippen LogP contribution is -2.48. The predicted molar refractivity (Wildman–Crippen MR) is 160 cm³/mol. The lowest BCUT2D eigenvalue weighted by Gasteiger charge is -2.33. The zero-order valence-electron chi connectivity index (χ0n) is 24.1. The number of rotatable bonds is 15. The minimum atomic E-state index is -4.03. The molecule has 1 N–H and O–H groups in total. The summed E-state index contributed by atoms with van der Waals surface area (Å²) in [6, 6.07) is 19.4. The Morgan fingerprint density at radius 3 is 1.76 bits per heavy atom. The van der Waals surface area contributed by atoms with Crippen molar-refractivity contribution in [2.24, 2.45) is 5.92 Å². The van der Waals surface area contributed by atoms with Crippen LogP contribution < -0.4 is 9.46 Å². The largest absolute Gasteiger partial charge is 0.497 e. The maximum Gasteiger partial charge on any atom is 0.240 e. The minimum Gasteiger partial charge on any atom is -0.497 e. The second-order valence-electron chi connectivity index (χ2n) is 9.94. The van der Waals surface area contributed by atoms with E-state index in [0.29, 0.717) is 5.75 Å². The zero-order valence-corrected chi connectivity index (χ0v) is 25.7. The van der Waals surface area contributed by atoms with Crippen molar-refractivity contribution in [2.45, 2.75) is 54.1 Å². The van der Waals surface area contributed by atoms with Crippen LogP contribution in [0.5, 0.6) is 5.75 Å². The first-order chi connectivity index (χ1) is 19.4. The first kappa shape index (κ1) is 32.5. The van der Waals surface area contributed by atoms with Gasteiger partial charge in [0.25, 0.3) is 0 Å². The average molecular weight is 602 g/mol. The van der Waals surface area contributed by atoms with Gasteiger partial charge < -0.3 is 14.2 Å². The van der Waals surface area contributed by atoms with Gasteiger partial charge in [0.2, 0.25) is 10.0 Å². The van der Waals surface area contributed by atoms with Gasteiger partial charge in [0.1, 0.15) is 5.75 Å². The summed E-state index contributed by atoms with van der Waals surface area (Å²) in [7, 11) is -3.61. The molecule has 0 spiro atoms. The van der Waals surface area contributed by atoms with Gasteiger partial charge in [0.05, 0.1) is 22.2 Å². The first-order valence-corrected chi connectivity index (χ1v) is 16.2. The summed E-state index contributed by atoms with van der Waals surface area (Å²) < 4.78 is 74.5. The SMILES string of the molecule is C=C[C@H]([C@@H](CC(OC)OC)S(=O)(=O)c1ccc(C)cc1)[C@@H](Cc1ccc(OC)cc1)NS(=O)(=O)c1ccc(C)cc1. The van der Waals surface area contributed by atoms with Crippen molar-refractivity contribution in [3.05, 3.63) is 102 Å². The highest BCUT2D eigenvalue weighted by Gasteiger charge is 2.40. The van der Waals surface area contributed by atoms with Crippen molar-refractivity contribution in [3.8, 4) is 5.75 Å². The highest BCUT2D eigenvalue weighted by atomic mass is 32.2. The van der Waals surface area contributed by atoms with E-state index in [0.717, 1.165) is 16.7 Å². The number of sulfone groups is 1. The van der Waals surface area contributed by atoms with Crippen molar-refractivity contribution in [1.82, 2.24) is 4.72 Å². The molecule has 3 aromatic rings. The Morgan fingerprint density at radius 1 is 0.780 bits per heavy atom. The Morgan fingerprint density at radius 2 is 1.29 bits per heavy atom. The van der Waals surface area contributed by atoms with Crippen molar-refractivity contribution >= 4 is 19.9 Å². The fourth-order valence-electron chi connectivity index (χ4n) is 4.70. The Bertz CT molecular complexity index is 1480. The van der Waals surface area contributed by atoms with Crippen LogP contribution in [0, 0.1) is 19.8 Å². The molecule has 8 nitrogen and oxygen atoms in total. The molecular weight excluding hydrogens is 562 g/mol. The Kier molecular flexibility index (Phi) is 11.3. The van der Waals surface area contributed by atoms with Gasteiger partial charge in [-0.15, -0.1) is 6.58 Å². The summed E-state index contributed by atoms with van der Waals surface area (Å²) in [5.74, 6) is -0.218. The number of nitrogens with one attached hydrogen (secondary N) is 1. The molecule has 3 atom stereocenters. The van der Waals surface area contributed by atoms with Crippen LogP contribution in [0.1, 0.15) is 23.1 Å². The van der Waals surface area contributed by atoms with Crippen molar-refractivity contribution < 1.29 is 31.0 Å². The van der Waals surface area contributed by atoms with Gasteiger partial charge in [-0.3, -0.25) is 0 Å². The average Bonchev–Trinajstić information content (AvgIpc) is 2.95. The van der Waals surface area contributed by atoms with Gasteiger partial charge in [-0.25, -0.2) is 21.6 Å². The first-order valence-electron chi connectivity index (χ1n) is 13.2. The van der Waals surface area contributed by atoms with E-state index in [-0.39, 0.29) is 22.6 Å². The monoisotopic (exact) mass is 601 g/mol. The molecule has 10 heteroatoms. The molecule has 0 aliphatic heterocycles. The van der Waals surface area contributed by atoms with E-state index in [1.165, 1.54) is 32.4 Å². The molecule has 0 radical (unpaired) electrons. The Balaban J connectivity index is 2.14. The van der Waals surface area contributed by atoms with Crippen LogP contribution in [0.4, 0.5) is 0 Å². The van der Waals surface area contributed by atoms with Crippen molar-refractivity contribution in [1.29, 1.82) is 0 Å². The smallest absolute Gasteiger partial charge is 0.240 e. The second-order valence-corrected chi connectivity index (χ2v) is 13.8. The van der Waals surface area contributed by atoms with Gasteiger partial charge >= 0.3 is 0 Å². The quantitative estimate of drug-likeness (QED) is 0.196. The topological polar surface area (TPSA) is 108 Å². The normalized spacial score (nSPS) is 14.4. The third kappa shape index (κ3) is 8.27. The molecule has 3 rings (SSSR count). The minimum absolute atomic E-state index is 0.0503. The molecule has 0 amide bonds. The van der Waals surface area contributed by atoms with E-state index in [1.54, 1.807) is 55.6 Å². The van der Waals surface area contributed by atoms with Crippen LogP contribution in [-0.4, -0.2) is 55.7 Å². The van der Waals surface area contributed by atoms with Crippen LogP contribution in [0.3, 0.4) is 0 Å². The van der Waals surface area contributed by atoms with Crippen LogP contribution in [-0.2, 0) is 35.8 Å². The summed E-state index contributed by atoms with van der Waals surface area (Å²) in [4.78, 5) is 0.200. The van der Waals surface area contributed by atoms with Crippen molar-refractivity contribution in [3.63, 3.8) is 0 Å². The highest BCUT2D eigenvalue weighted by molar-refractivity contribution is 7.92. The molecule has 0 saturated carbocycles. The molecule has 222 valence electrons. The van der Waals surface area contributed by atoms with Crippen LogP contribution in [0.15, 0.2) is 95.2 Å². The van der Waals surface area contributed by atoms with Gasteiger partial charge in [-0.2, -0.15) is 0 Å². The standard InChI is InChI=1S/C31H39NO7S2/c1-7-28(30(21-31(38-5)39-6)40(33,34)26-16-8-22(2)9-17-26)29(20-24-12-14-25(37-4)15-13-24)32-41(35,36)27-18-10-23(3)11-19-27/h7-19,28-32H,1,20-21H2,2-6H3/t28-,29+,30+/m0/s1. The van der Waals surface area contributed by atoms with E-state index < -0.39 is 43.4 Å². The number of benzene rings is 3. The molecule has 0 aromatic heterocycles. The maximum atomic E-state index is 14.2. The molecule has 0 aliphatic carbocycles. The summed E-state index contributed by atoms with van der Waals surface area (Å²) >= 11 is 0. The van der Waals surface area contributed by atoms with Crippen LogP contribution >= 0.6 is 0 Å².